The minimum absolute atomic E-state index is 0.113. The molecule has 0 atom stereocenters. The lowest BCUT2D eigenvalue weighted by Crippen LogP contribution is -2.01. The Labute approximate surface area is 84.4 Å². The molecule has 0 heterocycles. The van der Waals surface area contributed by atoms with Gasteiger partial charge in [-0.25, -0.2) is 4.79 Å². The molecule has 0 aromatic heterocycles. The molecule has 0 unspecified atom stereocenters. The normalized spacial score (nSPS) is 9.57. The molecule has 5 nitrogen and oxygen atoms in total. The van der Waals surface area contributed by atoms with E-state index in [4.69, 9.17) is 11.6 Å². The molecular formula is C8H6ClNO4. The summed E-state index contributed by atoms with van der Waals surface area (Å²) in [6.07, 6.45) is 0. The molecular weight excluding hydrogens is 210 g/mol. The molecule has 0 fully saturated rings. The number of rotatable bonds is 2. The van der Waals surface area contributed by atoms with Gasteiger partial charge in [0.15, 0.2) is 0 Å². The van der Waals surface area contributed by atoms with Crippen LogP contribution in [-0.2, 0) is 0 Å². The van der Waals surface area contributed by atoms with Gasteiger partial charge < -0.3 is 4.74 Å². The van der Waals surface area contributed by atoms with Gasteiger partial charge in [-0.15, -0.1) is 0 Å². The molecule has 0 radical (unpaired) electrons. The van der Waals surface area contributed by atoms with Crippen molar-refractivity contribution in [1.29, 1.82) is 0 Å². The van der Waals surface area contributed by atoms with E-state index in [0.29, 0.717) is 5.56 Å². The maximum absolute atomic E-state index is 10.5. The van der Waals surface area contributed by atoms with Gasteiger partial charge in [-0.05, 0) is 12.5 Å². The van der Waals surface area contributed by atoms with Crippen molar-refractivity contribution in [3.8, 4) is 5.75 Å². The first kappa shape index (κ1) is 10.5. The van der Waals surface area contributed by atoms with Crippen LogP contribution in [0.4, 0.5) is 10.5 Å². The van der Waals surface area contributed by atoms with Crippen LogP contribution in [-0.4, -0.2) is 10.4 Å². The number of carbonyl (C=O) groups is 1. The molecule has 0 bridgehead atoms. The predicted molar refractivity (Wildman–Crippen MR) is 49.7 cm³/mol. The van der Waals surface area contributed by atoms with Crippen LogP contribution in [0.2, 0.25) is 0 Å². The predicted octanol–water partition coefficient (Wildman–Crippen LogP) is 2.64. The van der Waals surface area contributed by atoms with Crippen molar-refractivity contribution in [1.82, 2.24) is 0 Å². The average molecular weight is 216 g/mol. The second kappa shape index (κ2) is 4.06. The van der Waals surface area contributed by atoms with Gasteiger partial charge >= 0.3 is 11.1 Å². The van der Waals surface area contributed by atoms with E-state index < -0.39 is 10.4 Å². The molecule has 1 aromatic rings. The van der Waals surface area contributed by atoms with E-state index in [9.17, 15) is 14.9 Å². The zero-order valence-corrected chi connectivity index (χ0v) is 7.95. The van der Waals surface area contributed by atoms with Crippen molar-refractivity contribution in [2.75, 3.05) is 0 Å². The molecule has 0 saturated carbocycles. The average Bonchev–Trinajstić information content (AvgIpc) is 2.07. The summed E-state index contributed by atoms with van der Waals surface area (Å²) in [4.78, 5) is 20.4. The summed E-state index contributed by atoms with van der Waals surface area (Å²) < 4.78 is 4.52. The Morgan fingerprint density at radius 1 is 1.57 bits per heavy atom. The lowest BCUT2D eigenvalue weighted by Gasteiger charge is -2.03. The fourth-order valence-corrected chi connectivity index (χ4v) is 1.07. The quantitative estimate of drug-likeness (QED) is 0.432. The van der Waals surface area contributed by atoms with Crippen LogP contribution in [0.25, 0.3) is 0 Å². The minimum atomic E-state index is -1.10. The number of hydrogen-bond donors (Lipinski definition) is 0. The number of ether oxygens (including phenoxy) is 1. The van der Waals surface area contributed by atoms with Crippen molar-refractivity contribution < 1.29 is 14.5 Å². The molecule has 74 valence electrons. The number of aryl methyl sites for hydroxylation is 1. The zero-order valence-electron chi connectivity index (χ0n) is 7.19. The molecule has 0 amide bonds. The zero-order chi connectivity index (χ0) is 10.7. The van der Waals surface area contributed by atoms with E-state index in [-0.39, 0.29) is 11.4 Å². The Balaban J connectivity index is 3.22. The number of hydrogen-bond acceptors (Lipinski definition) is 4. The molecule has 0 aliphatic carbocycles. The monoisotopic (exact) mass is 215 g/mol. The molecule has 0 N–H and O–H groups in total. The number of halogens is 1. The maximum atomic E-state index is 10.5. The van der Waals surface area contributed by atoms with Gasteiger partial charge in [-0.3, -0.25) is 10.1 Å². The number of benzene rings is 1. The fraction of sp³-hybridized carbons (Fsp3) is 0.125. The lowest BCUT2D eigenvalue weighted by molar-refractivity contribution is -0.385. The highest BCUT2D eigenvalue weighted by Gasteiger charge is 2.18. The molecule has 0 spiro atoms. The van der Waals surface area contributed by atoms with Gasteiger partial charge in [0.05, 0.1) is 4.92 Å². The lowest BCUT2D eigenvalue weighted by atomic mass is 10.2. The van der Waals surface area contributed by atoms with Gasteiger partial charge in [0.2, 0.25) is 5.75 Å². The number of nitrogens with zero attached hydrogens (tertiary/aromatic N) is 1. The van der Waals surface area contributed by atoms with Crippen LogP contribution in [0.15, 0.2) is 18.2 Å². The van der Waals surface area contributed by atoms with Crippen molar-refractivity contribution >= 4 is 22.7 Å². The summed E-state index contributed by atoms with van der Waals surface area (Å²) >= 11 is 4.98. The maximum Gasteiger partial charge on any atom is 0.409 e. The summed E-state index contributed by atoms with van der Waals surface area (Å²) in [5.74, 6) is -0.113. The van der Waals surface area contributed by atoms with Crippen LogP contribution in [0.3, 0.4) is 0 Å². The van der Waals surface area contributed by atoms with Crippen molar-refractivity contribution in [2.45, 2.75) is 6.92 Å². The van der Waals surface area contributed by atoms with Crippen LogP contribution in [0.1, 0.15) is 5.56 Å². The third kappa shape index (κ3) is 2.20. The second-order valence-corrected chi connectivity index (χ2v) is 2.83. The highest BCUT2D eigenvalue weighted by Crippen LogP contribution is 2.30. The number of nitro groups is 1. The van der Waals surface area contributed by atoms with Gasteiger partial charge in [0.1, 0.15) is 0 Å². The first-order valence-electron chi connectivity index (χ1n) is 3.63. The third-order valence-electron chi connectivity index (χ3n) is 1.57. The van der Waals surface area contributed by atoms with Crippen LogP contribution in [0.5, 0.6) is 5.75 Å². The van der Waals surface area contributed by atoms with Crippen molar-refractivity contribution in [3.63, 3.8) is 0 Å². The first-order valence-corrected chi connectivity index (χ1v) is 4.01. The Bertz CT molecular complexity index is 391. The van der Waals surface area contributed by atoms with Gasteiger partial charge in [-0.2, -0.15) is 0 Å². The van der Waals surface area contributed by atoms with E-state index in [1.807, 2.05) is 0 Å². The topological polar surface area (TPSA) is 69.4 Å². The van der Waals surface area contributed by atoms with E-state index in [1.165, 1.54) is 12.1 Å². The fourth-order valence-electron chi connectivity index (χ4n) is 0.994. The Kier molecular flexibility index (Phi) is 3.03. The SMILES string of the molecule is Cc1cccc([N+](=O)[O-])c1OC(=O)Cl. The standard InChI is InChI=1S/C8H6ClNO4/c1-5-3-2-4-6(10(12)13)7(5)14-8(9)11/h2-4H,1H3. The van der Waals surface area contributed by atoms with E-state index in [0.717, 1.165) is 0 Å². The smallest absolute Gasteiger partial charge is 0.407 e. The number of nitro benzene ring substituents is 1. The third-order valence-corrected chi connectivity index (χ3v) is 1.65. The molecule has 0 aliphatic heterocycles. The molecule has 14 heavy (non-hydrogen) atoms. The number of para-hydroxylation sites is 1. The van der Waals surface area contributed by atoms with Gasteiger partial charge in [-0.1, -0.05) is 12.1 Å². The van der Waals surface area contributed by atoms with Crippen molar-refractivity contribution in [3.05, 3.63) is 33.9 Å². The largest absolute Gasteiger partial charge is 0.409 e. The first-order chi connectivity index (χ1) is 6.52. The summed E-state index contributed by atoms with van der Waals surface area (Å²) in [5.41, 5.74) is -0.894. The molecule has 1 rings (SSSR count). The molecule has 1 aromatic carbocycles. The van der Waals surface area contributed by atoms with Crippen LogP contribution < -0.4 is 4.74 Å². The van der Waals surface area contributed by atoms with Crippen molar-refractivity contribution in [2.24, 2.45) is 0 Å². The Hall–Kier alpha value is -1.62. The summed E-state index contributed by atoms with van der Waals surface area (Å²) in [7, 11) is 0. The highest BCUT2D eigenvalue weighted by atomic mass is 35.5. The number of carbonyl (C=O) groups excluding carboxylic acids is 1. The second-order valence-electron chi connectivity index (χ2n) is 2.52. The Morgan fingerprint density at radius 3 is 2.71 bits per heavy atom. The molecule has 6 heteroatoms. The Morgan fingerprint density at radius 2 is 2.21 bits per heavy atom. The van der Waals surface area contributed by atoms with E-state index in [1.54, 1.807) is 13.0 Å². The van der Waals surface area contributed by atoms with Crippen LogP contribution in [0, 0.1) is 17.0 Å². The van der Waals surface area contributed by atoms with E-state index >= 15 is 0 Å². The summed E-state index contributed by atoms with van der Waals surface area (Å²) in [6, 6.07) is 4.32. The van der Waals surface area contributed by atoms with E-state index in [2.05, 4.69) is 4.74 Å². The minimum Gasteiger partial charge on any atom is -0.407 e. The summed E-state index contributed by atoms with van der Waals surface area (Å²) in [6.45, 7) is 1.59. The van der Waals surface area contributed by atoms with Crippen LogP contribution >= 0.6 is 11.6 Å². The highest BCUT2D eigenvalue weighted by molar-refractivity contribution is 6.61. The molecule has 0 aliphatic rings. The van der Waals surface area contributed by atoms with Gasteiger partial charge in [0, 0.05) is 17.7 Å². The van der Waals surface area contributed by atoms with Gasteiger partial charge in [0.25, 0.3) is 0 Å². The molecule has 0 saturated heterocycles. The summed E-state index contributed by atoms with van der Waals surface area (Å²) in [5, 5.41) is 10.5.